The number of halogens is 1. The van der Waals surface area contributed by atoms with E-state index in [1.807, 2.05) is 31.2 Å². The summed E-state index contributed by atoms with van der Waals surface area (Å²) in [5.74, 6) is 0.496. The summed E-state index contributed by atoms with van der Waals surface area (Å²) in [6.45, 7) is 1.94. The van der Waals surface area contributed by atoms with Gasteiger partial charge >= 0.3 is 0 Å². The predicted octanol–water partition coefficient (Wildman–Crippen LogP) is 2.50. The highest BCUT2D eigenvalue weighted by atomic mass is 35.5. The van der Waals surface area contributed by atoms with Gasteiger partial charge in [-0.2, -0.15) is 0 Å². The van der Waals surface area contributed by atoms with Gasteiger partial charge in [-0.05, 0) is 31.4 Å². The molecule has 0 atom stereocenters. The second-order valence-electron chi connectivity index (χ2n) is 4.18. The Morgan fingerprint density at radius 2 is 2.13 bits per heavy atom. The molecular weight excluding hydrogens is 210 g/mol. The molecule has 0 saturated heterocycles. The lowest BCUT2D eigenvalue weighted by Crippen LogP contribution is -2.38. The first-order valence-electron chi connectivity index (χ1n) is 5.11. The summed E-state index contributed by atoms with van der Waals surface area (Å²) in [6.07, 6.45) is 1.99. The number of alkyl halides is 1. The minimum Gasteiger partial charge on any atom is -0.345 e. The molecule has 1 fully saturated rings. The molecule has 2 nitrogen and oxygen atoms in total. The lowest BCUT2D eigenvalue weighted by Gasteiger charge is -2.14. The molecule has 0 aromatic heterocycles. The number of amides is 1. The molecule has 1 N–H and O–H groups in total. The maximum Gasteiger partial charge on any atom is 0.252 e. The summed E-state index contributed by atoms with van der Waals surface area (Å²) in [4.78, 5) is 11.9. The smallest absolute Gasteiger partial charge is 0.252 e. The number of carbonyl (C=O) groups excluding carboxylic acids is 1. The van der Waals surface area contributed by atoms with Crippen LogP contribution in [0.3, 0.4) is 0 Å². The number of aryl methyl sites for hydroxylation is 1. The van der Waals surface area contributed by atoms with Crippen LogP contribution in [0.5, 0.6) is 0 Å². The second kappa shape index (κ2) is 3.86. The predicted molar refractivity (Wildman–Crippen MR) is 61.3 cm³/mol. The van der Waals surface area contributed by atoms with Gasteiger partial charge in [0, 0.05) is 11.4 Å². The van der Waals surface area contributed by atoms with Crippen LogP contribution in [0.15, 0.2) is 24.3 Å². The van der Waals surface area contributed by atoms with Crippen LogP contribution in [0.1, 0.15) is 28.8 Å². The van der Waals surface area contributed by atoms with Crippen molar-refractivity contribution in [3.8, 4) is 0 Å². The third-order valence-corrected chi connectivity index (χ3v) is 3.39. The fraction of sp³-hybridized carbons (Fsp3) is 0.417. The standard InChI is InChI=1S/C12H14ClNO/c1-9-4-2-3-5-10(9)11(15)14-12(8-13)6-7-12/h2-5H,6-8H2,1H3,(H,14,15). The van der Waals surface area contributed by atoms with Crippen molar-refractivity contribution in [1.29, 1.82) is 0 Å². The van der Waals surface area contributed by atoms with E-state index in [-0.39, 0.29) is 11.4 Å². The summed E-state index contributed by atoms with van der Waals surface area (Å²) in [7, 11) is 0. The Morgan fingerprint density at radius 3 is 2.67 bits per heavy atom. The van der Waals surface area contributed by atoms with Gasteiger partial charge in [0.1, 0.15) is 0 Å². The van der Waals surface area contributed by atoms with Gasteiger partial charge in [0.2, 0.25) is 0 Å². The van der Waals surface area contributed by atoms with Crippen LogP contribution in [-0.4, -0.2) is 17.3 Å². The average molecular weight is 224 g/mol. The van der Waals surface area contributed by atoms with Gasteiger partial charge in [0.15, 0.2) is 0 Å². The van der Waals surface area contributed by atoms with E-state index in [0.29, 0.717) is 5.88 Å². The molecule has 1 aliphatic carbocycles. The number of nitrogens with one attached hydrogen (secondary N) is 1. The first-order chi connectivity index (χ1) is 7.17. The normalized spacial score (nSPS) is 17.2. The Labute approximate surface area is 94.6 Å². The lowest BCUT2D eigenvalue weighted by atomic mass is 10.1. The van der Waals surface area contributed by atoms with Gasteiger partial charge in [0.05, 0.1) is 5.54 Å². The molecule has 0 heterocycles. The zero-order valence-electron chi connectivity index (χ0n) is 8.72. The highest BCUT2D eigenvalue weighted by molar-refractivity contribution is 6.19. The second-order valence-corrected chi connectivity index (χ2v) is 4.45. The lowest BCUT2D eigenvalue weighted by molar-refractivity contribution is 0.0935. The molecule has 0 unspecified atom stereocenters. The Balaban J connectivity index is 2.12. The van der Waals surface area contributed by atoms with E-state index in [1.54, 1.807) is 0 Å². The van der Waals surface area contributed by atoms with Crippen LogP contribution in [0.25, 0.3) is 0 Å². The van der Waals surface area contributed by atoms with Gasteiger partial charge < -0.3 is 5.32 Å². The third kappa shape index (κ3) is 2.15. The van der Waals surface area contributed by atoms with Crippen LogP contribution in [0, 0.1) is 6.92 Å². The Kier molecular flexibility index (Phi) is 2.70. The Morgan fingerprint density at radius 1 is 1.47 bits per heavy atom. The van der Waals surface area contributed by atoms with Crippen molar-refractivity contribution in [1.82, 2.24) is 5.32 Å². The highest BCUT2D eigenvalue weighted by Crippen LogP contribution is 2.36. The summed E-state index contributed by atoms with van der Waals surface area (Å²) in [6, 6.07) is 7.59. The molecule has 15 heavy (non-hydrogen) atoms. The molecule has 0 aliphatic heterocycles. The maximum absolute atomic E-state index is 11.9. The van der Waals surface area contributed by atoms with Gasteiger partial charge in [-0.15, -0.1) is 11.6 Å². The van der Waals surface area contributed by atoms with Crippen molar-refractivity contribution >= 4 is 17.5 Å². The van der Waals surface area contributed by atoms with Crippen molar-refractivity contribution < 1.29 is 4.79 Å². The van der Waals surface area contributed by atoms with Crippen molar-refractivity contribution in [2.45, 2.75) is 25.3 Å². The van der Waals surface area contributed by atoms with Crippen LogP contribution < -0.4 is 5.32 Å². The molecule has 1 aromatic rings. The molecule has 0 bridgehead atoms. The van der Waals surface area contributed by atoms with Crippen LogP contribution in [0.4, 0.5) is 0 Å². The van der Waals surface area contributed by atoms with E-state index in [2.05, 4.69) is 5.32 Å². The topological polar surface area (TPSA) is 29.1 Å². The third-order valence-electron chi connectivity index (χ3n) is 2.88. The molecule has 0 spiro atoms. The molecule has 80 valence electrons. The van der Waals surface area contributed by atoms with E-state index in [1.165, 1.54) is 0 Å². The summed E-state index contributed by atoms with van der Waals surface area (Å²) >= 11 is 5.81. The molecule has 1 aliphatic rings. The number of benzene rings is 1. The number of rotatable bonds is 3. The molecular formula is C12H14ClNO. The van der Waals surface area contributed by atoms with Crippen molar-refractivity contribution in [3.05, 3.63) is 35.4 Å². The van der Waals surface area contributed by atoms with Crippen molar-refractivity contribution in [3.63, 3.8) is 0 Å². The fourth-order valence-electron chi connectivity index (χ4n) is 1.58. The van der Waals surface area contributed by atoms with E-state index in [0.717, 1.165) is 24.0 Å². The summed E-state index contributed by atoms with van der Waals surface area (Å²) < 4.78 is 0. The van der Waals surface area contributed by atoms with Gasteiger partial charge in [-0.3, -0.25) is 4.79 Å². The van der Waals surface area contributed by atoms with Crippen molar-refractivity contribution in [2.75, 3.05) is 5.88 Å². The zero-order valence-corrected chi connectivity index (χ0v) is 9.47. The van der Waals surface area contributed by atoms with E-state index in [4.69, 9.17) is 11.6 Å². The minimum absolute atomic E-state index is 0.00810. The molecule has 1 saturated carbocycles. The van der Waals surface area contributed by atoms with Crippen LogP contribution in [0.2, 0.25) is 0 Å². The largest absolute Gasteiger partial charge is 0.345 e. The maximum atomic E-state index is 11.9. The average Bonchev–Trinajstić information content (AvgIpc) is 2.99. The quantitative estimate of drug-likeness (QED) is 0.784. The van der Waals surface area contributed by atoms with Crippen LogP contribution in [-0.2, 0) is 0 Å². The van der Waals surface area contributed by atoms with E-state index >= 15 is 0 Å². The minimum atomic E-state index is -0.124. The van der Waals surface area contributed by atoms with Crippen molar-refractivity contribution in [2.24, 2.45) is 0 Å². The number of hydrogen-bond acceptors (Lipinski definition) is 1. The molecule has 0 radical (unpaired) electrons. The zero-order chi connectivity index (χ0) is 10.9. The Bertz CT molecular complexity index is 385. The molecule has 3 heteroatoms. The SMILES string of the molecule is Cc1ccccc1C(=O)NC1(CCl)CC1. The van der Waals surface area contributed by atoms with E-state index < -0.39 is 0 Å². The number of hydrogen-bond donors (Lipinski definition) is 1. The fourth-order valence-corrected chi connectivity index (χ4v) is 1.91. The Hall–Kier alpha value is -1.02. The summed E-state index contributed by atoms with van der Waals surface area (Å²) in [5, 5.41) is 3.00. The van der Waals surface area contributed by atoms with Crippen LogP contribution >= 0.6 is 11.6 Å². The first-order valence-corrected chi connectivity index (χ1v) is 5.64. The summed E-state index contributed by atoms with van der Waals surface area (Å²) in [5.41, 5.74) is 1.62. The highest BCUT2D eigenvalue weighted by Gasteiger charge is 2.43. The first kappa shape index (κ1) is 10.5. The molecule has 1 aromatic carbocycles. The van der Waals surface area contributed by atoms with Gasteiger partial charge in [-0.25, -0.2) is 0 Å². The van der Waals surface area contributed by atoms with Gasteiger partial charge in [-0.1, -0.05) is 18.2 Å². The monoisotopic (exact) mass is 223 g/mol. The molecule has 2 rings (SSSR count). The van der Waals surface area contributed by atoms with E-state index in [9.17, 15) is 4.79 Å². The number of carbonyl (C=O) groups is 1. The van der Waals surface area contributed by atoms with Gasteiger partial charge in [0.25, 0.3) is 5.91 Å². The molecule has 1 amide bonds.